The van der Waals surface area contributed by atoms with Crippen LogP contribution in [0.15, 0.2) is 40.8 Å². The number of carbonyl (C=O) groups is 2. The lowest BCUT2D eigenvalue weighted by Crippen LogP contribution is -2.53. The average molecular weight is 427 g/mol. The van der Waals surface area contributed by atoms with Crippen LogP contribution in [0, 0.1) is 11.6 Å². The average Bonchev–Trinajstić information content (AvgIpc) is 3.39. The minimum atomic E-state index is -1.22. The summed E-state index contributed by atoms with van der Waals surface area (Å²) >= 11 is 0. The van der Waals surface area contributed by atoms with Crippen LogP contribution < -0.4 is 0 Å². The number of hydrogen-bond acceptors (Lipinski definition) is 5. The first-order valence-corrected chi connectivity index (χ1v) is 10.0. The molecule has 160 valence electrons. The van der Waals surface area contributed by atoms with Crippen molar-refractivity contribution >= 4 is 22.9 Å². The van der Waals surface area contributed by atoms with Gasteiger partial charge in [0.2, 0.25) is 5.89 Å². The van der Waals surface area contributed by atoms with E-state index in [1.54, 1.807) is 9.80 Å². The number of hydrogen-bond donors (Lipinski definition) is 1. The van der Waals surface area contributed by atoms with E-state index in [0.717, 1.165) is 6.07 Å². The van der Waals surface area contributed by atoms with Crippen LogP contribution in [0.2, 0.25) is 0 Å². The zero-order chi connectivity index (χ0) is 21.8. The maximum Gasteiger partial charge on any atom is 0.254 e. The van der Waals surface area contributed by atoms with E-state index in [1.165, 1.54) is 30.3 Å². The van der Waals surface area contributed by atoms with Crippen LogP contribution in [0.4, 0.5) is 8.78 Å². The Morgan fingerprint density at radius 1 is 1.00 bits per heavy atom. The van der Waals surface area contributed by atoms with E-state index < -0.39 is 17.2 Å². The third kappa shape index (κ3) is 3.54. The molecule has 1 aliphatic carbocycles. The van der Waals surface area contributed by atoms with Crippen LogP contribution >= 0.6 is 0 Å². The predicted molar refractivity (Wildman–Crippen MR) is 106 cm³/mol. The van der Waals surface area contributed by atoms with E-state index in [2.05, 4.69) is 4.98 Å². The van der Waals surface area contributed by atoms with Gasteiger partial charge in [0, 0.05) is 37.8 Å². The lowest BCUT2D eigenvalue weighted by Gasteiger charge is -2.35. The Morgan fingerprint density at radius 3 is 2.39 bits per heavy atom. The van der Waals surface area contributed by atoms with Crippen molar-refractivity contribution in [2.75, 3.05) is 26.2 Å². The molecule has 5 rings (SSSR count). The van der Waals surface area contributed by atoms with Gasteiger partial charge in [0.1, 0.15) is 22.8 Å². The van der Waals surface area contributed by atoms with E-state index in [-0.39, 0.29) is 34.4 Å². The molecule has 1 N–H and O–H groups in total. The molecule has 1 aromatic heterocycles. The molecule has 0 radical (unpaired) electrons. The molecule has 0 unspecified atom stereocenters. The molecule has 0 atom stereocenters. The third-order valence-corrected chi connectivity index (χ3v) is 5.77. The number of oxazole rings is 1. The fourth-order valence-corrected chi connectivity index (χ4v) is 3.76. The number of rotatable bonds is 3. The summed E-state index contributed by atoms with van der Waals surface area (Å²) < 4.78 is 33.5. The van der Waals surface area contributed by atoms with Gasteiger partial charge in [-0.3, -0.25) is 9.59 Å². The van der Waals surface area contributed by atoms with E-state index in [0.29, 0.717) is 44.5 Å². The Morgan fingerprint density at radius 2 is 1.71 bits per heavy atom. The van der Waals surface area contributed by atoms with Crippen LogP contribution in [-0.4, -0.2) is 63.5 Å². The highest BCUT2D eigenvalue weighted by molar-refractivity contribution is 5.95. The number of aliphatic hydroxyl groups is 1. The number of carbonyl (C=O) groups excluding carboxylic acids is 2. The zero-order valence-electron chi connectivity index (χ0n) is 16.5. The Bertz CT molecular complexity index is 1200. The zero-order valence-corrected chi connectivity index (χ0v) is 16.5. The number of amides is 2. The summed E-state index contributed by atoms with van der Waals surface area (Å²) in [6.45, 7) is 1.27. The smallest absolute Gasteiger partial charge is 0.254 e. The summed E-state index contributed by atoms with van der Waals surface area (Å²) in [6, 6.07) is 7.88. The summed E-state index contributed by atoms with van der Waals surface area (Å²) in [6.07, 6.45) is 0.956. The van der Waals surface area contributed by atoms with Crippen LogP contribution in [-0.2, 0) is 4.79 Å². The van der Waals surface area contributed by atoms with Crippen molar-refractivity contribution < 1.29 is 27.9 Å². The molecule has 9 heteroatoms. The van der Waals surface area contributed by atoms with E-state index >= 15 is 0 Å². The summed E-state index contributed by atoms with van der Waals surface area (Å²) in [5, 5.41) is 9.97. The van der Waals surface area contributed by atoms with E-state index in [1.807, 2.05) is 0 Å². The Hall–Kier alpha value is -3.33. The quantitative estimate of drug-likeness (QED) is 0.694. The van der Waals surface area contributed by atoms with Crippen LogP contribution in [0.25, 0.3) is 22.6 Å². The number of aromatic nitrogens is 1. The van der Waals surface area contributed by atoms with Gasteiger partial charge in [0.25, 0.3) is 11.8 Å². The molecule has 1 saturated heterocycles. The first-order chi connectivity index (χ1) is 14.8. The predicted octanol–water partition coefficient (Wildman–Crippen LogP) is 2.58. The van der Waals surface area contributed by atoms with Crippen molar-refractivity contribution in [3.8, 4) is 11.5 Å². The lowest BCUT2D eigenvalue weighted by atomic mass is 10.1. The van der Waals surface area contributed by atoms with Crippen LogP contribution in [0.1, 0.15) is 23.2 Å². The molecule has 1 aliphatic heterocycles. The van der Waals surface area contributed by atoms with Gasteiger partial charge in [0.05, 0.1) is 5.56 Å². The van der Waals surface area contributed by atoms with Crippen molar-refractivity contribution in [3.63, 3.8) is 0 Å². The number of piperazine rings is 1. The fraction of sp³-hybridized carbons (Fsp3) is 0.318. The highest BCUT2D eigenvalue weighted by Crippen LogP contribution is 2.37. The van der Waals surface area contributed by atoms with Crippen molar-refractivity contribution in [2.24, 2.45) is 0 Å². The van der Waals surface area contributed by atoms with Gasteiger partial charge in [0.15, 0.2) is 5.58 Å². The maximum atomic E-state index is 14.8. The summed E-state index contributed by atoms with van der Waals surface area (Å²) in [4.78, 5) is 32.3. The molecule has 0 spiro atoms. The van der Waals surface area contributed by atoms with Crippen molar-refractivity contribution in [1.82, 2.24) is 14.8 Å². The van der Waals surface area contributed by atoms with Crippen molar-refractivity contribution in [3.05, 3.63) is 53.6 Å². The van der Waals surface area contributed by atoms with Gasteiger partial charge in [-0.2, -0.15) is 0 Å². The SMILES string of the molecule is O=C(c1ccc(-c2nc3ccc(F)cc3o2)c(F)c1)N1CCN(C(=O)C2(O)CC2)CC1. The number of nitrogens with zero attached hydrogens (tertiary/aromatic N) is 3. The highest BCUT2D eigenvalue weighted by Gasteiger charge is 2.50. The van der Waals surface area contributed by atoms with Gasteiger partial charge < -0.3 is 19.3 Å². The molecule has 1 saturated carbocycles. The molecule has 2 aliphatic rings. The van der Waals surface area contributed by atoms with Gasteiger partial charge in [-0.15, -0.1) is 0 Å². The van der Waals surface area contributed by atoms with Crippen molar-refractivity contribution in [1.29, 1.82) is 0 Å². The summed E-state index contributed by atoms with van der Waals surface area (Å²) in [5.41, 5.74) is -0.371. The highest BCUT2D eigenvalue weighted by atomic mass is 19.1. The van der Waals surface area contributed by atoms with Gasteiger partial charge >= 0.3 is 0 Å². The maximum absolute atomic E-state index is 14.8. The first kappa shape index (κ1) is 19.6. The second-order valence-electron chi connectivity index (χ2n) is 7.94. The molecule has 2 fully saturated rings. The summed E-state index contributed by atoms with van der Waals surface area (Å²) in [7, 11) is 0. The second kappa shape index (κ2) is 7.12. The normalized spacial score (nSPS) is 17.8. The topological polar surface area (TPSA) is 86.9 Å². The molecule has 0 bridgehead atoms. The molecular weight excluding hydrogens is 408 g/mol. The minimum absolute atomic E-state index is 0.00207. The van der Waals surface area contributed by atoms with Gasteiger partial charge in [-0.1, -0.05) is 0 Å². The largest absolute Gasteiger partial charge is 0.436 e. The molecule has 2 amide bonds. The third-order valence-electron chi connectivity index (χ3n) is 5.77. The minimum Gasteiger partial charge on any atom is -0.436 e. The molecule has 3 aromatic rings. The molecule has 2 aromatic carbocycles. The second-order valence-corrected chi connectivity index (χ2v) is 7.94. The first-order valence-electron chi connectivity index (χ1n) is 10.0. The molecule has 31 heavy (non-hydrogen) atoms. The Kier molecular flexibility index (Phi) is 4.51. The van der Waals surface area contributed by atoms with E-state index in [4.69, 9.17) is 4.42 Å². The Labute approximate surface area is 175 Å². The lowest BCUT2D eigenvalue weighted by molar-refractivity contribution is -0.143. The van der Waals surface area contributed by atoms with Crippen LogP contribution in [0.3, 0.4) is 0 Å². The molecular formula is C22H19F2N3O4. The van der Waals surface area contributed by atoms with E-state index in [9.17, 15) is 23.5 Å². The van der Waals surface area contributed by atoms with Crippen LogP contribution in [0.5, 0.6) is 0 Å². The monoisotopic (exact) mass is 427 g/mol. The van der Waals surface area contributed by atoms with Gasteiger partial charge in [-0.05, 0) is 43.2 Å². The summed E-state index contributed by atoms with van der Waals surface area (Å²) in [5.74, 6) is -1.79. The standard InChI is InChI=1S/C22H19F2N3O4/c23-14-2-4-17-18(12-14)31-19(25-17)15-3-1-13(11-16(15)24)20(28)26-7-9-27(10-8-26)21(29)22(30)5-6-22/h1-4,11-12,30H,5-10H2. The molecule has 2 heterocycles. The number of benzene rings is 2. The van der Waals surface area contributed by atoms with Gasteiger partial charge in [-0.25, -0.2) is 13.8 Å². The number of fused-ring (bicyclic) bond motifs is 1. The van der Waals surface area contributed by atoms with Crippen molar-refractivity contribution in [2.45, 2.75) is 18.4 Å². The Balaban J connectivity index is 1.30. The number of halogens is 2. The fourth-order valence-electron chi connectivity index (χ4n) is 3.76. The molecule has 7 nitrogen and oxygen atoms in total.